The third-order valence-electron chi connectivity index (χ3n) is 4.84. The molecule has 0 spiro atoms. The fraction of sp³-hybridized carbons (Fsp3) is 0.941. The zero-order chi connectivity index (χ0) is 15.6. The average molecular weight is 284 g/mol. The van der Waals surface area contributed by atoms with Gasteiger partial charge in [-0.1, -0.05) is 34.6 Å². The summed E-state index contributed by atoms with van der Waals surface area (Å²) in [7, 11) is 0. The predicted molar refractivity (Wildman–Crippen MR) is 81.4 cm³/mol. The van der Waals surface area contributed by atoms with E-state index in [-0.39, 0.29) is 23.6 Å². The van der Waals surface area contributed by atoms with E-state index in [4.69, 9.17) is 4.74 Å². The van der Waals surface area contributed by atoms with Crippen LogP contribution in [0, 0.1) is 16.7 Å². The molecule has 1 aliphatic rings. The molecule has 0 radical (unpaired) electrons. The van der Waals surface area contributed by atoms with E-state index in [2.05, 4.69) is 34.6 Å². The van der Waals surface area contributed by atoms with Crippen LogP contribution in [0.3, 0.4) is 0 Å². The highest BCUT2D eigenvalue weighted by Crippen LogP contribution is 2.45. The number of carbonyl (C=O) groups is 1. The van der Waals surface area contributed by atoms with Crippen molar-refractivity contribution in [1.82, 2.24) is 0 Å². The topological polar surface area (TPSA) is 46.5 Å². The molecule has 0 saturated heterocycles. The Bertz CT molecular complexity index is 322. The summed E-state index contributed by atoms with van der Waals surface area (Å²) in [6.45, 7) is 12.7. The van der Waals surface area contributed by atoms with Gasteiger partial charge in [0, 0.05) is 0 Å². The molecule has 0 aromatic rings. The Morgan fingerprint density at radius 3 is 2.05 bits per heavy atom. The Balaban J connectivity index is 2.74. The Morgan fingerprint density at radius 2 is 1.65 bits per heavy atom. The maximum atomic E-state index is 12.7. The van der Waals surface area contributed by atoms with Gasteiger partial charge in [0.05, 0.1) is 11.5 Å². The average Bonchev–Trinajstić information content (AvgIpc) is 2.29. The lowest BCUT2D eigenvalue weighted by atomic mass is 9.64. The first-order valence-corrected chi connectivity index (χ1v) is 7.95. The molecule has 3 nitrogen and oxygen atoms in total. The molecule has 0 amide bonds. The van der Waals surface area contributed by atoms with Crippen LogP contribution in [0.5, 0.6) is 0 Å². The van der Waals surface area contributed by atoms with Crippen LogP contribution in [0.1, 0.15) is 73.6 Å². The smallest absolute Gasteiger partial charge is 0.312 e. The summed E-state index contributed by atoms with van der Waals surface area (Å²) >= 11 is 0. The standard InChI is InChI=1S/C17H32O3/c1-12(2)11-17(6,16(3,4)5)15(19)20-14-9-7-13(18)8-10-14/h12-14,18H,7-11H2,1-6H3. The third kappa shape index (κ3) is 4.21. The largest absolute Gasteiger partial charge is 0.462 e. The molecule has 1 N–H and O–H groups in total. The van der Waals surface area contributed by atoms with Crippen LogP contribution >= 0.6 is 0 Å². The first-order chi connectivity index (χ1) is 9.06. The van der Waals surface area contributed by atoms with Crippen LogP contribution in [-0.2, 0) is 9.53 Å². The van der Waals surface area contributed by atoms with Crippen molar-refractivity contribution in [2.75, 3.05) is 0 Å². The van der Waals surface area contributed by atoms with Gasteiger partial charge in [-0.05, 0) is 50.4 Å². The number of esters is 1. The fourth-order valence-electron chi connectivity index (χ4n) is 2.96. The summed E-state index contributed by atoms with van der Waals surface area (Å²) in [5.74, 6) is 0.389. The monoisotopic (exact) mass is 284 g/mol. The Labute approximate surface area is 124 Å². The molecule has 0 bridgehead atoms. The lowest BCUT2D eigenvalue weighted by Crippen LogP contribution is -2.44. The SMILES string of the molecule is CC(C)CC(C)(C(=O)OC1CCC(O)CC1)C(C)(C)C. The molecule has 0 aliphatic heterocycles. The minimum atomic E-state index is -0.461. The third-order valence-corrected chi connectivity index (χ3v) is 4.84. The Kier molecular flexibility index (Phi) is 5.65. The lowest BCUT2D eigenvalue weighted by Gasteiger charge is -2.42. The lowest BCUT2D eigenvalue weighted by molar-refractivity contribution is -0.171. The van der Waals surface area contributed by atoms with Gasteiger partial charge < -0.3 is 9.84 Å². The molecule has 1 fully saturated rings. The summed E-state index contributed by atoms with van der Waals surface area (Å²) in [5, 5.41) is 9.53. The van der Waals surface area contributed by atoms with Crippen molar-refractivity contribution >= 4 is 5.97 Å². The van der Waals surface area contributed by atoms with E-state index in [1.807, 2.05) is 6.92 Å². The fourth-order valence-corrected chi connectivity index (χ4v) is 2.96. The van der Waals surface area contributed by atoms with Gasteiger partial charge in [0.2, 0.25) is 0 Å². The van der Waals surface area contributed by atoms with Crippen LogP contribution in [0.25, 0.3) is 0 Å². The zero-order valence-electron chi connectivity index (χ0n) is 14.0. The van der Waals surface area contributed by atoms with Crippen molar-refractivity contribution in [1.29, 1.82) is 0 Å². The van der Waals surface area contributed by atoms with Gasteiger partial charge in [0.1, 0.15) is 6.10 Å². The summed E-state index contributed by atoms with van der Waals surface area (Å²) < 4.78 is 5.78. The van der Waals surface area contributed by atoms with Gasteiger partial charge in [-0.15, -0.1) is 0 Å². The van der Waals surface area contributed by atoms with Crippen molar-refractivity contribution in [2.24, 2.45) is 16.7 Å². The first kappa shape index (κ1) is 17.5. The molecule has 20 heavy (non-hydrogen) atoms. The summed E-state index contributed by atoms with van der Waals surface area (Å²) in [4.78, 5) is 12.7. The second-order valence-corrected chi connectivity index (χ2v) is 8.02. The number of hydrogen-bond acceptors (Lipinski definition) is 3. The van der Waals surface area contributed by atoms with E-state index in [0.717, 1.165) is 32.1 Å². The van der Waals surface area contributed by atoms with Crippen molar-refractivity contribution in [2.45, 2.75) is 85.9 Å². The van der Waals surface area contributed by atoms with Gasteiger partial charge in [-0.3, -0.25) is 4.79 Å². The van der Waals surface area contributed by atoms with Gasteiger partial charge in [0.25, 0.3) is 0 Å². The molecular formula is C17H32O3. The summed E-state index contributed by atoms with van der Waals surface area (Å²) in [6.07, 6.45) is 3.67. The number of carbonyl (C=O) groups excluding carboxylic acids is 1. The first-order valence-electron chi connectivity index (χ1n) is 7.95. The van der Waals surface area contributed by atoms with Crippen LogP contribution < -0.4 is 0 Å². The molecule has 1 saturated carbocycles. The Hall–Kier alpha value is -0.570. The van der Waals surface area contributed by atoms with E-state index in [1.54, 1.807) is 0 Å². The van der Waals surface area contributed by atoms with Gasteiger partial charge in [-0.2, -0.15) is 0 Å². The molecule has 0 heterocycles. The number of hydrogen-bond donors (Lipinski definition) is 1. The maximum Gasteiger partial charge on any atom is 0.312 e. The van der Waals surface area contributed by atoms with Crippen molar-refractivity contribution in [3.05, 3.63) is 0 Å². The molecule has 1 rings (SSSR count). The normalized spacial score (nSPS) is 27.2. The number of rotatable bonds is 4. The van der Waals surface area contributed by atoms with E-state index >= 15 is 0 Å². The van der Waals surface area contributed by atoms with Crippen molar-refractivity contribution < 1.29 is 14.6 Å². The molecule has 0 aromatic carbocycles. The highest BCUT2D eigenvalue weighted by Gasteiger charge is 2.46. The van der Waals surface area contributed by atoms with E-state index < -0.39 is 5.41 Å². The summed E-state index contributed by atoms with van der Waals surface area (Å²) in [5.41, 5.74) is -0.584. The second kappa shape index (κ2) is 6.46. The molecular weight excluding hydrogens is 252 g/mol. The highest BCUT2D eigenvalue weighted by atomic mass is 16.5. The van der Waals surface area contributed by atoms with Crippen LogP contribution in [0.2, 0.25) is 0 Å². The van der Waals surface area contributed by atoms with E-state index in [0.29, 0.717) is 5.92 Å². The van der Waals surface area contributed by atoms with E-state index in [9.17, 15) is 9.90 Å². The highest BCUT2D eigenvalue weighted by molar-refractivity contribution is 5.77. The minimum Gasteiger partial charge on any atom is -0.462 e. The minimum absolute atomic E-state index is 0.0141. The molecule has 118 valence electrons. The van der Waals surface area contributed by atoms with Crippen LogP contribution in [-0.4, -0.2) is 23.3 Å². The number of aliphatic hydroxyl groups is 1. The van der Waals surface area contributed by atoms with Crippen LogP contribution in [0.4, 0.5) is 0 Å². The predicted octanol–water partition coefficient (Wildman–Crippen LogP) is 3.93. The van der Waals surface area contributed by atoms with Gasteiger partial charge in [0.15, 0.2) is 0 Å². The van der Waals surface area contributed by atoms with Gasteiger partial charge >= 0.3 is 5.97 Å². The second-order valence-electron chi connectivity index (χ2n) is 8.02. The molecule has 1 aliphatic carbocycles. The summed E-state index contributed by atoms with van der Waals surface area (Å²) in [6, 6.07) is 0. The molecule has 1 unspecified atom stereocenters. The molecule has 0 aromatic heterocycles. The van der Waals surface area contributed by atoms with Crippen LogP contribution in [0.15, 0.2) is 0 Å². The van der Waals surface area contributed by atoms with E-state index in [1.165, 1.54) is 0 Å². The van der Waals surface area contributed by atoms with Gasteiger partial charge in [-0.25, -0.2) is 0 Å². The number of aliphatic hydroxyl groups excluding tert-OH is 1. The maximum absolute atomic E-state index is 12.7. The Morgan fingerprint density at radius 1 is 1.15 bits per heavy atom. The number of ether oxygens (including phenoxy) is 1. The van der Waals surface area contributed by atoms with Crippen molar-refractivity contribution in [3.8, 4) is 0 Å². The molecule has 1 atom stereocenters. The zero-order valence-corrected chi connectivity index (χ0v) is 14.0. The van der Waals surface area contributed by atoms with Crippen molar-refractivity contribution in [3.63, 3.8) is 0 Å². The molecule has 3 heteroatoms. The quantitative estimate of drug-likeness (QED) is 0.796.